The van der Waals surface area contributed by atoms with Gasteiger partial charge in [-0.2, -0.15) is 0 Å². The number of thioether (sulfide) groups is 1. The van der Waals surface area contributed by atoms with Crippen molar-refractivity contribution in [2.45, 2.75) is 38.6 Å². The molecule has 162 valence electrons. The lowest BCUT2D eigenvalue weighted by molar-refractivity contribution is -0.138. The molecule has 0 bridgehead atoms. The van der Waals surface area contributed by atoms with Crippen LogP contribution >= 0.6 is 23.4 Å². The van der Waals surface area contributed by atoms with Gasteiger partial charge in [0.25, 0.3) is 0 Å². The van der Waals surface area contributed by atoms with Gasteiger partial charge in [-0.3, -0.25) is 9.59 Å². The molecule has 0 spiro atoms. The normalized spacial score (nSPS) is 11.6. The fourth-order valence-electron chi connectivity index (χ4n) is 2.83. The first-order chi connectivity index (χ1) is 14.4. The van der Waals surface area contributed by atoms with Crippen LogP contribution < -0.4 is 10.1 Å². The number of halogens is 1. The summed E-state index contributed by atoms with van der Waals surface area (Å²) in [7, 11) is 1.61. The summed E-state index contributed by atoms with van der Waals surface area (Å²) in [6.45, 7) is 4.74. The molecule has 0 aliphatic rings. The number of hydrogen-bond acceptors (Lipinski definition) is 4. The van der Waals surface area contributed by atoms with Crippen LogP contribution in [-0.2, 0) is 21.9 Å². The minimum absolute atomic E-state index is 0.0658. The van der Waals surface area contributed by atoms with E-state index in [0.29, 0.717) is 29.6 Å². The molecule has 2 amide bonds. The average molecular weight is 449 g/mol. The van der Waals surface area contributed by atoms with Gasteiger partial charge >= 0.3 is 0 Å². The molecule has 0 fully saturated rings. The first-order valence-electron chi connectivity index (χ1n) is 9.97. The number of nitrogens with zero attached hydrogens (tertiary/aromatic N) is 1. The fraction of sp³-hybridized carbons (Fsp3) is 0.391. The predicted octanol–water partition coefficient (Wildman–Crippen LogP) is 4.53. The van der Waals surface area contributed by atoms with Crippen LogP contribution in [0.15, 0.2) is 48.5 Å². The maximum Gasteiger partial charge on any atom is 0.242 e. The monoisotopic (exact) mass is 448 g/mol. The van der Waals surface area contributed by atoms with E-state index in [1.54, 1.807) is 18.9 Å². The van der Waals surface area contributed by atoms with Crippen molar-refractivity contribution < 1.29 is 14.3 Å². The summed E-state index contributed by atoms with van der Waals surface area (Å²) in [5.74, 6) is 1.55. The molecule has 5 nitrogen and oxygen atoms in total. The lowest BCUT2D eigenvalue weighted by Crippen LogP contribution is -2.48. The molecule has 2 aromatic rings. The van der Waals surface area contributed by atoms with Crippen LogP contribution in [0.1, 0.15) is 31.4 Å². The molecule has 2 aromatic carbocycles. The second-order valence-electron chi connectivity index (χ2n) is 6.96. The van der Waals surface area contributed by atoms with Crippen molar-refractivity contribution in [2.75, 3.05) is 19.4 Å². The molecule has 0 aliphatic carbocycles. The number of methoxy groups -OCH3 is 1. The van der Waals surface area contributed by atoms with Crippen LogP contribution in [-0.4, -0.2) is 42.2 Å². The van der Waals surface area contributed by atoms with Crippen LogP contribution in [0.25, 0.3) is 0 Å². The lowest BCUT2D eigenvalue weighted by atomic mass is 10.1. The van der Waals surface area contributed by atoms with Crippen molar-refractivity contribution in [1.29, 1.82) is 0 Å². The van der Waals surface area contributed by atoms with E-state index in [4.69, 9.17) is 16.3 Å². The molecule has 0 saturated carbocycles. The van der Waals surface area contributed by atoms with Gasteiger partial charge in [0.1, 0.15) is 11.8 Å². The second-order valence-corrected chi connectivity index (χ2v) is 8.38. The van der Waals surface area contributed by atoms with Gasteiger partial charge in [-0.05, 0) is 48.7 Å². The van der Waals surface area contributed by atoms with E-state index in [2.05, 4.69) is 5.32 Å². The average Bonchev–Trinajstić information content (AvgIpc) is 2.77. The molecule has 0 heterocycles. The lowest BCUT2D eigenvalue weighted by Gasteiger charge is -2.28. The molecule has 2 rings (SSSR count). The van der Waals surface area contributed by atoms with E-state index in [9.17, 15) is 9.59 Å². The quantitative estimate of drug-likeness (QED) is 0.548. The number of rotatable bonds is 11. The number of benzene rings is 2. The summed E-state index contributed by atoms with van der Waals surface area (Å²) in [6, 6.07) is 14.6. The smallest absolute Gasteiger partial charge is 0.242 e. The maximum atomic E-state index is 13.0. The Morgan fingerprint density at radius 1 is 1.10 bits per heavy atom. The Bertz CT molecular complexity index is 812. The molecule has 30 heavy (non-hydrogen) atoms. The van der Waals surface area contributed by atoms with Gasteiger partial charge in [0.2, 0.25) is 11.8 Å². The number of hydrogen-bond donors (Lipinski definition) is 1. The zero-order valence-electron chi connectivity index (χ0n) is 17.7. The second kappa shape index (κ2) is 12.5. The van der Waals surface area contributed by atoms with E-state index < -0.39 is 6.04 Å². The van der Waals surface area contributed by atoms with Gasteiger partial charge in [-0.1, -0.05) is 42.8 Å². The maximum absolute atomic E-state index is 13.0. The highest BCUT2D eigenvalue weighted by molar-refractivity contribution is 7.99. The number of amides is 2. The van der Waals surface area contributed by atoms with E-state index in [1.165, 1.54) is 11.8 Å². The first kappa shape index (κ1) is 24.1. The van der Waals surface area contributed by atoms with Gasteiger partial charge in [-0.25, -0.2) is 0 Å². The SMILES string of the molecule is CCCNC(=O)C(C)N(Cc1ccc(OC)cc1)C(=O)CSCc1ccc(Cl)cc1. The summed E-state index contributed by atoms with van der Waals surface area (Å²) >= 11 is 7.45. The molecular weight excluding hydrogens is 420 g/mol. The van der Waals surface area contributed by atoms with Gasteiger partial charge in [-0.15, -0.1) is 11.8 Å². The standard InChI is InChI=1S/C23H29ClN2O3S/c1-4-13-25-23(28)17(2)26(14-18-7-11-21(29-3)12-8-18)22(27)16-30-15-19-5-9-20(24)10-6-19/h5-12,17H,4,13-16H2,1-3H3,(H,25,28). The Balaban J connectivity index is 2.04. The minimum Gasteiger partial charge on any atom is -0.497 e. The Labute approximate surface area is 188 Å². The Morgan fingerprint density at radius 3 is 2.33 bits per heavy atom. The molecule has 1 unspecified atom stereocenters. The van der Waals surface area contributed by atoms with Crippen LogP contribution in [0.2, 0.25) is 5.02 Å². The summed E-state index contributed by atoms with van der Waals surface area (Å²) in [5, 5.41) is 3.58. The highest BCUT2D eigenvalue weighted by Crippen LogP contribution is 2.19. The zero-order chi connectivity index (χ0) is 21.9. The van der Waals surface area contributed by atoms with Crippen LogP contribution in [0, 0.1) is 0 Å². The third-order valence-electron chi connectivity index (χ3n) is 4.64. The number of carbonyl (C=O) groups is 2. The van der Waals surface area contributed by atoms with Gasteiger partial charge in [0, 0.05) is 23.9 Å². The molecule has 0 aromatic heterocycles. The van der Waals surface area contributed by atoms with Crippen molar-refractivity contribution in [3.05, 3.63) is 64.7 Å². The number of nitrogens with one attached hydrogen (secondary N) is 1. The highest BCUT2D eigenvalue weighted by Gasteiger charge is 2.25. The summed E-state index contributed by atoms with van der Waals surface area (Å²) in [4.78, 5) is 27.2. The number of ether oxygens (including phenoxy) is 1. The molecular formula is C23H29ClN2O3S. The molecule has 7 heteroatoms. The molecule has 0 aliphatic heterocycles. The van der Waals surface area contributed by atoms with Crippen LogP contribution in [0.3, 0.4) is 0 Å². The van der Waals surface area contributed by atoms with E-state index in [0.717, 1.165) is 23.3 Å². The summed E-state index contributed by atoms with van der Waals surface area (Å²) in [5.41, 5.74) is 2.05. The van der Waals surface area contributed by atoms with Crippen molar-refractivity contribution in [3.8, 4) is 5.75 Å². The molecule has 0 saturated heterocycles. The summed E-state index contributed by atoms with van der Waals surface area (Å²) < 4.78 is 5.20. The largest absolute Gasteiger partial charge is 0.497 e. The van der Waals surface area contributed by atoms with Crippen LogP contribution in [0.5, 0.6) is 5.75 Å². The van der Waals surface area contributed by atoms with E-state index >= 15 is 0 Å². The van der Waals surface area contributed by atoms with Gasteiger partial charge in [0.15, 0.2) is 0 Å². The topological polar surface area (TPSA) is 58.6 Å². The van der Waals surface area contributed by atoms with E-state index in [-0.39, 0.29) is 11.8 Å². The summed E-state index contributed by atoms with van der Waals surface area (Å²) in [6.07, 6.45) is 0.849. The van der Waals surface area contributed by atoms with Gasteiger partial charge < -0.3 is 15.0 Å². The minimum atomic E-state index is -0.553. The Kier molecular flexibility index (Phi) is 10.0. The predicted molar refractivity (Wildman–Crippen MR) is 124 cm³/mol. The third-order valence-corrected chi connectivity index (χ3v) is 5.88. The molecule has 1 N–H and O–H groups in total. The van der Waals surface area contributed by atoms with Crippen LogP contribution in [0.4, 0.5) is 0 Å². The molecule has 0 radical (unpaired) electrons. The third kappa shape index (κ3) is 7.58. The Hall–Kier alpha value is -2.18. The highest BCUT2D eigenvalue weighted by atomic mass is 35.5. The first-order valence-corrected chi connectivity index (χ1v) is 11.5. The Morgan fingerprint density at radius 2 is 1.73 bits per heavy atom. The fourth-order valence-corrected chi connectivity index (χ4v) is 3.82. The van der Waals surface area contributed by atoms with Crippen molar-refractivity contribution in [3.63, 3.8) is 0 Å². The van der Waals surface area contributed by atoms with Crippen molar-refractivity contribution >= 4 is 35.2 Å². The van der Waals surface area contributed by atoms with Crippen molar-refractivity contribution in [1.82, 2.24) is 10.2 Å². The van der Waals surface area contributed by atoms with Crippen molar-refractivity contribution in [2.24, 2.45) is 0 Å². The number of carbonyl (C=O) groups excluding carboxylic acids is 2. The van der Waals surface area contributed by atoms with Gasteiger partial charge in [0.05, 0.1) is 12.9 Å². The zero-order valence-corrected chi connectivity index (χ0v) is 19.3. The van der Waals surface area contributed by atoms with E-state index in [1.807, 2.05) is 55.5 Å². The molecule has 1 atom stereocenters.